The fourth-order valence-corrected chi connectivity index (χ4v) is 1.35. The molecule has 5 heteroatoms. The fraction of sp³-hybridized carbons (Fsp3) is 0.385. The van der Waals surface area contributed by atoms with Crippen LogP contribution in [0.1, 0.15) is 25.3 Å². The Morgan fingerprint density at radius 3 is 2.33 bits per heavy atom. The van der Waals surface area contributed by atoms with Gasteiger partial charge in [0, 0.05) is 5.69 Å². The van der Waals surface area contributed by atoms with Gasteiger partial charge in [0.25, 0.3) is 0 Å². The second-order valence-corrected chi connectivity index (χ2v) is 4.16. The van der Waals surface area contributed by atoms with Gasteiger partial charge in [-0.2, -0.15) is 0 Å². The molecule has 18 heavy (non-hydrogen) atoms. The number of nitrogens with one attached hydrogen (secondary N) is 2. The molecule has 1 aromatic carbocycles. The summed E-state index contributed by atoms with van der Waals surface area (Å²) in [5.41, 5.74) is 1.89. The van der Waals surface area contributed by atoms with Crippen LogP contribution in [0.4, 0.5) is 10.5 Å². The third kappa shape index (κ3) is 4.45. The SMILES string of the molecule is COC(=O)CNC(=O)Nc1ccc(C(C)C)cc1. The van der Waals surface area contributed by atoms with Crippen molar-refractivity contribution in [1.82, 2.24) is 5.32 Å². The van der Waals surface area contributed by atoms with Gasteiger partial charge in [0.05, 0.1) is 7.11 Å². The molecule has 0 aliphatic rings. The average molecular weight is 250 g/mol. The van der Waals surface area contributed by atoms with Crippen molar-refractivity contribution in [2.75, 3.05) is 19.0 Å². The van der Waals surface area contributed by atoms with Crippen LogP contribution in [0.2, 0.25) is 0 Å². The summed E-state index contributed by atoms with van der Waals surface area (Å²) in [6, 6.07) is 7.14. The summed E-state index contributed by atoms with van der Waals surface area (Å²) in [5.74, 6) is -0.0347. The second-order valence-electron chi connectivity index (χ2n) is 4.16. The molecule has 0 unspecified atom stereocenters. The van der Waals surface area contributed by atoms with Gasteiger partial charge < -0.3 is 15.4 Å². The topological polar surface area (TPSA) is 67.4 Å². The van der Waals surface area contributed by atoms with E-state index in [1.807, 2.05) is 24.3 Å². The summed E-state index contributed by atoms with van der Waals surface area (Å²) in [7, 11) is 1.27. The smallest absolute Gasteiger partial charge is 0.325 e. The third-order valence-electron chi connectivity index (χ3n) is 2.46. The van der Waals surface area contributed by atoms with Gasteiger partial charge in [-0.1, -0.05) is 26.0 Å². The molecule has 2 N–H and O–H groups in total. The van der Waals surface area contributed by atoms with Gasteiger partial charge in [-0.05, 0) is 23.6 Å². The van der Waals surface area contributed by atoms with Crippen molar-refractivity contribution in [3.05, 3.63) is 29.8 Å². The number of carbonyl (C=O) groups is 2. The van der Waals surface area contributed by atoms with Gasteiger partial charge in [0.2, 0.25) is 0 Å². The first kappa shape index (κ1) is 14.0. The van der Waals surface area contributed by atoms with Gasteiger partial charge in [-0.3, -0.25) is 4.79 Å². The highest BCUT2D eigenvalue weighted by molar-refractivity contribution is 5.91. The number of rotatable bonds is 4. The molecule has 0 saturated carbocycles. The Bertz CT molecular complexity index is 413. The van der Waals surface area contributed by atoms with Gasteiger partial charge in [-0.25, -0.2) is 4.79 Å². The van der Waals surface area contributed by atoms with Crippen LogP contribution in [0.3, 0.4) is 0 Å². The minimum atomic E-state index is -0.486. The molecule has 0 fully saturated rings. The highest BCUT2D eigenvalue weighted by atomic mass is 16.5. The molecule has 1 rings (SSSR count). The monoisotopic (exact) mass is 250 g/mol. The maximum Gasteiger partial charge on any atom is 0.325 e. The predicted octanol–water partition coefficient (Wildman–Crippen LogP) is 2.10. The molecular formula is C13H18N2O3. The van der Waals surface area contributed by atoms with E-state index in [9.17, 15) is 9.59 Å². The number of hydrogen-bond donors (Lipinski definition) is 2. The second kappa shape index (κ2) is 6.64. The largest absolute Gasteiger partial charge is 0.468 e. The fourth-order valence-electron chi connectivity index (χ4n) is 1.35. The van der Waals surface area contributed by atoms with Crippen LogP contribution in [0.5, 0.6) is 0 Å². The number of benzene rings is 1. The van der Waals surface area contributed by atoms with Crippen LogP contribution in [0, 0.1) is 0 Å². The van der Waals surface area contributed by atoms with Crippen LogP contribution in [0.25, 0.3) is 0 Å². The predicted molar refractivity (Wildman–Crippen MR) is 69.6 cm³/mol. The number of urea groups is 1. The van der Waals surface area contributed by atoms with E-state index in [0.29, 0.717) is 11.6 Å². The molecule has 0 bridgehead atoms. The van der Waals surface area contributed by atoms with Crippen LogP contribution >= 0.6 is 0 Å². The van der Waals surface area contributed by atoms with Crippen molar-refractivity contribution in [3.63, 3.8) is 0 Å². The zero-order valence-electron chi connectivity index (χ0n) is 10.8. The standard InChI is InChI=1S/C13H18N2O3/c1-9(2)10-4-6-11(7-5-10)15-13(17)14-8-12(16)18-3/h4-7,9H,8H2,1-3H3,(H2,14,15,17). The number of ether oxygens (including phenoxy) is 1. The average Bonchev–Trinajstić information content (AvgIpc) is 2.36. The first-order chi connectivity index (χ1) is 8.52. The molecule has 0 radical (unpaired) electrons. The number of amides is 2. The van der Waals surface area contributed by atoms with E-state index in [1.165, 1.54) is 12.7 Å². The number of anilines is 1. The first-order valence-corrected chi connectivity index (χ1v) is 5.74. The molecule has 98 valence electrons. The molecule has 0 aliphatic carbocycles. The number of methoxy groups -OCH3 is 1. The highest BCUT2D eigenvalue weighted by Gasteiger charge is 2.05. The van der Waals surface area contributed by atoms with Crippen molar-refractivity contribution in [2.45, 2.75) is 19.8 Å². The third-order valence-corrected chi connectivity index (χ3v) is 2.46. The van der Waals surface area contributed by atoms with Gasteiger partial charge in [0.1, 0.15) is 6.54 Å². The van der Waals surface area contributed by atoms with E-state index in [1.54, 1.807) is 0 Å². The normalized spacial score (nSPS) is 10.0. The zero-order chi connectivity index (χ0) is 13.5. The Labute approximate surface area is 107 Å². The minimum Gasteiger partial charge on any atom is -0.468 e. The summed E-state index contributed by atoms with van der Waals surface area (Å²) >= 11 is 0. The van der Waals surface area contributed by atoms with E-state index in [2.05, 4.69) is 29.2 Å². The molecule has 0 saturated heterocycles. The summed E-state index contributed by atoms with van der Waals surface area (Å²) in [5, 5.41) is 5.02. The number of esters is 1. The zero-order valence-corrected chi connectivity index (χ0v) is 10.8. The maximum absolute atomic E-state index is 11.4. The Balaban J connectivity index is 2.47. The first-order valence-electron chi connectivity index (χ1n) is 5.74. The van der Waals surface area contributed by atoms with E-state index >= 15 is 0 Å². The number of carbonyl (C=O) groups excluding carboxylic acids is 2. The molecule has 1 aromatic rings. The molecule has 5 nitrogen and oxygen atoms in total. The van der Waals surface area contributed by atoms with Crippen LogP contribution in [-0.2, 0) is 9.53 Å². The van der Waals surface area contributed by atoms with Crippen molar-refractivity contribution in [1.29, 1.82) is 0 Å². The lowest BCUT2D eigenvalue weighted by atomic mass is 10.0. The summed E-state index contributed by atoms with van der Waals surface area (Å²) in [4.78, 5) is 22.2. The quantitative estimate of drug-likeness (QED) is 0.804. The molecule has 0 heterocycles. The lowest BCUT2D eigenvalue weighted by Crippen LogP contribution is -2.33. The van der Waals surface area contributed by atoms with Crippen LogP contribution in [0.15, 0.2) is 24.3 Å². The van der Waals surface area contributed by atoms with E-state index in [-0.39, 0.29) is 6.54 Å². The summed E-state index contributed by atoms with van der Waals surface area (Å²) < 4.78 is 4.41. The molecule has 0 aromatic heterocycles. The summed E-state index contributed by atoms with van der Waals surface area (Å²) in [6.45, 7) is 4.06. The van der Waals surface area contributed by atoms with Gasteiger partial charge >= 0.3 is 12.0 Å². The highest BCUT2D eigenvalue weighted by Crippen LogP contribution is 2.16. The van der Waals surface area contributed by atoms with Gasteiger partial charge in [-0.15, -0.1) is 0 Å². The molecule has 0 aliphatic heterocycles. The maximum atomic E-state index is 11.4. The van der Waals surface area contributed by atoms with Gasteiger partial charge in [0.15, 0.2) is 0 Å². The Kier molecular flexibility index (Phi) is 5.17. The van der Waals surface area contributed by atoms with Crippen molar-refractivity contribution in [2.24, 2.45) is 0 Å². The minimum absolute atomic E-state index is 0.146. The summed E-state index contributed by atoms with van der Waals surface area (Å²) in [6.07, 6.45) is 0. The molecule has 0 spiro atoms. The Morgan fingerprint density at radius 2 is 1.83 bits per heavy atom. The Hall–Kier alpha value is -2.04. The molecule has 2 amide bonds. The van der Waals surface area contributed by atoms with Crippen LogP contribution in [-0.4, -0.2) is 25.7 Å². The van der Waals surface area contributed by atoms with E-state index in [0.717, 1.165) is 0 Å². The van der Waals surface area contributed by atoms with E-state index in [4.69, 9.17) is 0 Å². The van der Waals surface area contributed by atoms with Crippen molar-refractivity contribution in [3.8, 4) is 0 Å². The van der Waals surface area contributed by atoms with Crippen LogP contribution < -0.4 is 10.6 Å². The van der Waals surface area contributed by atoms with Crippen molar-refractivity contribution < 1.29 is 14.3 Å². The lowest BCUT2D eigenvalue weighted by Gasteiger charge is -2.09. The molecule has 0 atom stereocenters. The molecular weight excluding hydrogens is 232 g/mol. The lowest BCUT2D eigenvalue weighted by molar-refractivity contribution is -0.139. The van der Waals surface area contributed by atoms with Crippen molar-refractivity contribution >= 4 is 17.7 Å². The van der Waals surface area contributed by atoms with E-state index < -0.39 is 12.0 Å². The Morgan fingerprint density at radius 1 is 1.22 bits per heavy atom. The number of hydrogen-bond acceptors (Lipinski definition) is 3.